The van der Waals surface area contributed by atoms with Gasteiger partial charge in [-0.15, -0.1) is 0 Å². The highest BCUT2D eigenvalue weighted by Crippen LogP contribution is 2.43. The highest BCUT2D eigenvalue weighted by atomic mass is 16.5. The van der Waals surface area contributed by atoms with E-state index in [1.165, 1.54) is 0 Å². The van der Waals surface area contributed by atoms with Crippen molar-refractivity contribution in [1.29, 1.82) is 0 Å². The molecule has 0 aromatic heterocycles. The molecule has 7 nitrogen and oxygen atoms in total. The van der Waals surface area contributed by atoms with Gasteiger partial charge in [-0.05, 0) is 118 Å². The van der Waals surface area contributed by atoms with Crippen molar-refractivity contribution >= 4 is 22.6 Å². The maximum atomic E-state index is 13.6. The van der Waals surface area contributed by atoms with Crippen molar-refractivity contribution in [1.82, 2.24) is 0 Å². The molecule has 0 amide bonds. The standard InChI is InChI=1S/C44H54N2O5/c1-7-45-37-26-40-35(23-28(37)3)42(36-24-29(4)38(46-8-2)27-41(36)51-40)33-20-16-17-21-34(33)44(49)50-22-18-14-12-10-9-11-13-15-19-32-25-39(47)30(5)31(6)43(32)48/h16-17,20-21,23-27,45,47-48H,7-15,18-19,22H2,1-6H3. The third-order valence-electron chi connectivity index (χ3n) is 9.99. The number of rotatable bonds is 16. The minimum absolute atomic E-state index is 0.256. The van der Waals surface area contributed by atoms with Crippen molar-refractivity contribution in [3.05, 3.63) is 93.3 Å². The molecule has 0 fully saturated rings. The quantitative estimate of drug-likeness (QED) is 0.0412. The summed E-state index contributed by atoms with van der Waals surface area (Å²) in [5.74, 6) is 0.984. The molecule has 0 saturated heterocycles. The van der Waals surface area contributed by atoms with Crippen molar-refractivity contribution < 1.29 is 24.2 Å². The minimum atomic E-state index is -0.314. The number of aromatic hydroxyl groups is 2. The van der Waals surface area contributed by atoms with Crippen LogP contribution in [0.1, 0.15) is 103 Å². The second kappa shape index (κ2) is 17.4. The van der Waals surface area contributed by atoms with Crippen LogP contribution in [0.25, 0.3) is 33.4 Å². The van der Waals surface area contributed by atoms with Crippen molar-refractivity contribution in [3.8, 4) is 33.9 Å². The summed E-state index contributed by atoms with van der Waals surface area (Å²) in [5, 5.41) is 25.8. The van der Waals surface area contributed by atoms with Gasteiger partial charge < -0.3 is 24.7 Å². The molecule has 0 radical (unpaired) electrons. The number of phenols is 2. The van der Waals surface area contributed by atoms with Crippen LogP contribution in [0.2, 0.25) is 0 Å². The number of carbonyl (C=O) groups excluding carboxylic acids is 1. The lowest BCUT2D eigenvalue weighted by atomic mass is 9.89. The number of unbranched alkanes of at least 4 members (excludes halogenated alkanes) is 7. The van der Waals surface area contributed by atoms with Gasteiger partial charge in [0.2, 0.25) is 0 Å². The highest BCUT2D eigenvalue weighted by Gasteiger charge is 2.23. The molecule has 51 heavy (non-hydrogen) atoms. The van der Waals surface area contributed by atoms with E-state index in [1.807, 2.05) is 51.1 Å². The maximum Gasteiger partial charge on any atom is 0.338 e. The fraction of sp³-hybridized carbons (Fsp3) is 0.409. The van der Waals surface area contributed by atoms with E-state index < -0.39 is 0 Å². The third kappa shape index (κ3) is 8.76. The summed E-state index contributed by atoms with van der Waals surface area (Å²) < 4.78 is 12.4. The van der Waals surface area contributed by atoms with Gasteiger partial charge in [0.25, 0.3) is 0 Å². The SMILES string of the molecule is CCN=c1cc2oc3cc(NCC)c(C)cc3c(-c3ccccc3C(=O)OCCCCCCCCCCc3cc(O)c(C)c(C)c3O)c-2cc1C. The molecular weight excluding hydrogens is 636 g/mol. The predicted molar refractivity (Wildman–Crippen MR) is 208 cm³/mol. The normalized spacial score (nSPS) is 11.8. The molecule has 0 atom stereocenters. The van der Waals surface area contributed by atoms with Gasteiger partial charge in [0.15, 0.2) is 0 Å². The van der Waals surface area contributed by atoms with Crippen LogP contribution in [-0.4, -0.2) is 35.9 Å². The Labute approximate surface area is 302 Å². The van der Waals surface area contributed by atoms with Crippen LogP contribution in [0.3, 0.4) is 0 Å². The average molecular weight is 691 g/mol. The van der Waals surface area contributed by atoms with Gasteiger partial charge in [-0.3, -0.25) is 4.99 Å². The summed E-state index contributed by atoms with van der Waals surface area (Å²) >= 11 is 0. The Hall–Kier alpha value is -4.78. The Morgan fingerprint density at radius 3 is 2.24 bits per heavy atom. The van der Waals surface area contributed by atoms with Crippen molar-refractivity contribution in [3.63, 3.8) is 0 Å². The van der Waals surface area contributed by atoms with Crippen molar-refractivity contribution in [2.75, 3.05) is 25.0 Å². The van der Waals surface area contributed by atoms with Crippen LogP contribution in [0, 0.1) is 27.7 Å². The lowest BCUT2D eigenvalue weighted by Gasteiger charge is -2.20. The molecule has 5 rings (SSSR count). The number of fused-ring (bicyclic) bond motifs is 2. The Morgan fingerprint density at radius 2 is 1.51 bits per heavy atom. The number of esters is 1. The van der Waals surface area contributed by atoms with Crippen LogP contribution < -0.4 is 10.7 Å². The molecule has 3 N–H and O–H groups in total. The van der Waals surface area contributed by atoms with Gasteiger partial charge in [0.1, 0.15) is 22.8 Å². The van der Waals surface area contributed by atoms with Crippen LogP contribution in [0.5, 0.6) is 11.5 Å². The molecule has 7 heteroatoms. The van der Waals surface area contributed by atoms with Gasteiger partial charge in [-0.25, -0.2) is 4.79 Å². The Kier molecular flexibility index (Phi) is 12.8. The zero-order valence-corrected chi connectivity index (χ0v) is 31.2. The summed E-state index contributed by atoms with van der Waals surface area (Å²) in [5.41, 5.74) is 9.53. The fourth-order valence-electron chi connectivity index (χ4n) is 6.94. The molecule has 0 spiro atoms. The van der Waals surface area contributed by atoms with E-state index in [-0.39, 0.29) is 11.7 Å². The number of hydrogen-bond acceptors (Lipinski definition) is 7. The van der Waals surface area contributed by atoms with E-state index in [9.17, 15) is 15.0 Å². The van der Waals surface area contributed by atoms with Gasteiger partial charge in [0, 0.05) is 47.4 Å². The number of nitrogens with zero attached hydrogens (tertiary/aromatic N) is 1. The lowest BCUT2D eigenvalue weighted by Crippen LogP contribution is -2.11. The highest BCUT2D eigenvalue weighted by molar-refractivity contribution is 6.08. The van der Waals surface area contributed by atoms with Gasteiger partial charge in [-0.2, -0.15) is 0 Å². The van der Waals surface area contributed by atoms with Crippen LogP contribution in [-0.2, 0) is 11.2 Å². The number of aryl methyl sites for hydroxylation is 3. The smallest absolute Gasteiger partial charge is 0.338 e. The molecule has 1 aliphatic heterocycles. The topological polar surface area (TPSA) is 104 Å². The number of carbonyl (C=O) groups is 1. The first-order valence-corrected chi connectivity index (χ1v) is 18.7. The molecule has 0 unspecified atom stereocenters. The zero-order chi connectivity index (χ0) is 36.5. The number of nitrogens with one attached hydrogen (secondary N) is 1. The zero-order valence-electron chi connectivity index (χ0n) is 31.2. The van der Waals surface area contributed by atoms with E-state index in [2.05, 4.69) is 49.3 Å². The lowest BCUT2D eigenvalue weighted by molar-refractivity contribution is 0.0498. The second-order valence-corrected chi connectivity index (χ2v) is 13.7. The number of ether oxygens (including phenoxy) is 1. The predicted octanol–water partition coefficient (Wildman–Crippen LogP) is 10.7. The van der Waals surface area contributed by atoms with E-state index in [0.717, 1.165) is 137 Å². The van der Waals surface area contributed by atoms with Gasteiger partial charge in [0.05, 0.1) is 17.5 Å². The number of hydrogen-bond donors (Lipinski definition) is 3. The summed E-state index contributed by atoms with van der Waals surface area (Å²) in [6.07, 6.45) is 9.24. The minimum Gasteiger partial charge on any atom is -0.508 e. The molecule has 2 aliphatic rings. The number of phenolic OH excluding ortho intramolecular Hbond substituents is 2. The molecule has 3 aromatic carbocycles. The fourth-order valence-corrected chi connectivity index (χ4v) is 6.94. The molecule has 1 aliphatic carbocycles. The van der Waals surface area contributed by atoms with Crippen molar-refractivity contribution in [2.24, 2.45) is 4.99 Å². The Balaban J connectivity index is 1.20. The van der Waals surface area contributed by atoms with Crippen LogP contribution in [0.4, 0.5) is 5.69 Å². The molecule has 3 aromatic rings. The summed E-state index contributed by atoms with van der Waals surface area (Å²) in [6, 6.07) is 17.8. The molecule has 270 valence electrons. The molecular formula is C44H54N2O5. The summed E-state index contributed by atoms with van der Waals surface area (Å²) in [7, 11) is 0. The van der Waals surface area contributed by atoms with Gasteiger partial charge in [-0.1, -0.05) is 56.7 Å². The molecule has 0 bridgehead atoms. The van der Waals surface area contributed by atoms with E-state index in [1.54, 1.807) is 6.07 Å². The summed E-state index contributed by atoms with van der Waals surface area (Å²) in [6.45, 7) is 13.8. The maximum absolute atomic E-state index is 13.6. The first-order chi connectivity index (χ1) is 24.6. The number of benzene rings is 4. The van der Waals surface area contributed by atoms with E-state index in [4.69, 9.17) is 9.15 Å². The van der Waals surface area contributed by atoms with E-state index in [0.29, 0.717) is 24.5 Å². The van der Waals surface area contributed by atoms with Gasteiger partial charge >= 0.3 is 5.97 Å². The molecule has 0 saturated carbocycles. The average Bonchev–Trinajstić information content (AvgIpc) is 3.12. The van der Waals surface area contributed by atoms with E-state index >= 15 is 0 Å². The Bertz CT molecular complexity index is 2030. The second-order valence-electron chi connectivity index (χ2n) is 13.7. The first kappa shape index (κ1) is 37.5. The third-order valence-corrected chi connectivity index (χ3v) is 9.99. The Morgan fingerprint density at radius 1 is 0.804 bits per heavy atom. The largest absolute Gasteiger partial charge is 0.508 e. The molecule has 1 heterocycles. The van der Waals surface area contributed by atoms with Crippen LogP contribution in [0.15, 0.2) is 64.0 Å². The number of anilines is 1. The van der Waals surface area contributed by atoms with Crippen LogP contribution >= 0.6 is 0 Å². The summed E-state index contributed by atoms with van der Waals surface area (Å²) in [4.78, 5) is 18.3. The van der Waals surface area contributed by atoms with Crippen molar-refractivity contribution in [2.45, 2.75) is 99.3 Å². The monoisotopic (exact) mass is 690 g/mol. The first-order valence-electron chi connectivity index (χ1n) is 18.7.